The standard InChI is InChI=1S/C21H26N2O5S2/c1-21(2,3)17-9-11-19(12-10-17)30(27,28)22-20(24)16-7-6-8-18(15-16)23-13-4-5-14-29(23,25)26/h6-12,15H,4-5,13-14H2,1-3H3,(H,22,24). The summed E-state index contributed by atoms with van der Waals surface area (Å²) < 4.78 is 53.2. The Morgan fingerprint density at radius 1 is 1.03 bits per heavy atom. The van der Waals surface area contributed by atoms with Crippen LogP contribution in [0, 0.1) is 0 Å². The summed E-state index contributed by atoms with van der Waals surface area (Å²) in [5.41, 5.74) is 1.28. The molecule has 0 aromatic heterocycles. The molecule has 2 aromatic rings. The Morgan fingerprint density at radius 2 is 1.70 bits per heavy atom. The molecule has 3 rings (SSSR count). The van der Waals surface area contributed by atoms with Gasteiger partial charge in [-0.15, -0.1) is 0 Å². The number of carbonyl (C=O) groups excluding carboxylic acids is 1. The predicted molar refractivity (Wildman–Crippen MR) is 117 cm³/mol. The quantitative estimate of drug-likeness (QED) is 0.772. The van der Waals surface area contributed by atoms with E-state index >= 15 is 0 Å². The molecule has 1 aliphatic heterocycles. The van der Waals surface area contributed by atoms with Gasteiger partial charge in [-0.1, -0.05) is 39.0 Å². The van der Waals surface area contributed by atoms with Gasteiger partial charge in [0.15, 0.2) is 0 Å². The number of anilines is 1. The molecule has 1 fully saturated rings. The van der Waals surface area contributed by atoms with Crippen LogP contribution in [-0.4, -0.2) is 35.0 Å². The van der Waals surface area contributed by atoms with Crippen LogP contribution < -0.4 is 9.03 Å². The summed E-state index contributed by atoms with van der Waals surface area (Å²) in [4.78, 5) is 12.6. The fourth-order valence-electron chi connectivity index (χ4n) is 3.26. The fourth-order valence-corrected chi connectivity index (χ4v) is 5.86. The highest BCUT2D eigenvalue weighted by Crippen LogP contribution is 2.25. The van der Waals surface area contributed by atoms with Crippen LogP contribution in [0.4, 0.5) is 5.69 Å². The van der Waals surface area contributed by atoms with Crippen molar-refractivity contribution in [3.8, 4) is 0 Å². The number of hydrogen-bond donors (Lipinski definition) is 1. The van der Waals surface area contributed by atoms with Gasteiger partial charge in [0.25, 0.3) is 15.9 Å². The molecule has 0 bridgehead atoms. The fraction of sp³-hybridized carbons (Fsp3) is 0.381. The van der Waals surface area contributed by atoms with E-state index < -0.39 is 26.0 Å². The van der Waals surface area contributed by atoms with Crippen LogP contribution in [-0.2, 0) is 25.5 Å². The van der Waals surface area contributed by atoms with Gasteiger partial charge < -0.3 is 0 Å². The maximum absolute atomic E-state index is 12.6. The lowest BCUT2D eigenvalue weighted by molar-refractivity contribution is 0.0981. The van der Waals surface area contributed by atoms with E-state index in [-0.39, 0.29) is 21.6 Å². The first-order chi connectivity index (χ1) is 13.9. The second kappa shape index (κ2) is 8.03. The Bertz CT molecular complexity index is 1150. The highest BCUT2D eigenvalue weighted by atomic mass is 32.2. The molecule has 1 aliphatic rings. The average Bonchev–Trinajstić information content (AvgIpc) is 2.67. The molecule has 2 aromatic carbocycles. The zero-order valence-corrected chi connectivity index (χ0v) is 18.9. The van der Waals surface area contributed by atoms with Crippen molar-refractivity contribution < 1.29 is 21.6 Å². The lowest BCUT2D eigenvalue weighted by Crippen LogP contribution is -2.38. The number of carbonyl (C=O) groups is 1. The van der Waals surface area contributed by atoms with Crippen molar-refractivity contribution in [1.82, 2.24) is 4.72 Å². The molecular formula is C21H26N2O5S2. The Hall–Kier alpha value is -2.39. The third-order valence-corrected chi connectivity index (χ3v) is 8.22. The number of amides is 1. The third kappa shape index (κ3) is 4.84. The summed E-state index contributed by atoms with van der Waals surface area (Å²) in [6.07, 6.45) is 1.33. The Labute approximate surface area is 178 Å². The first kappa shape index (κ1) is 22.3. The molecule has 1 saturated heterocycles. The number of hydrogen-bond acceptors (Lipinski definition) is 5. The second-order valence-corrected chi connectivity index (χ2v) is 12.0. The number of nitrogens with one attached hydrogen (secondary N) is 1. The van der Waals surface area contributed by atoms with Crippen molar-refractivity contribution in [2.24, 2.45) is 0 Å². The van der Waals surface area contributed by atoms with E-state index in [4.69, 9.17) is 0 Å². The Morgan fingerprint density at radius 3 is 2.30 bits per heavy atom. The lowest BCUT2D eigenvalue weighted by atomic mass is 9.87. The van der Waals surface area contributed by atoms with Crippen molar-refractivity contribution in [2.45, 2.75) is 43.9 Å². The maximum Gasteiger partial charge on any atom is 0.265 e. The molecule has 0 aliphatic carbocycles. The van der Waals surface area contributed by atoms with Gasteiger partial charge in [0, 0.05) is 12.1 Å². The van der Waals surface area contributed by atoms with E-state index in [9.17, 15) is 21.6 Å². The van der Waals surface area contributed by atoms with Gasteiger partial charge in [0.2, 0.25) is 10.0 Å². The second-order valence-electron chi connectivity index (χ2n) is 8.35. The molecule has 7 nitrogen and oxygen atoms in total. The normalized spacial score (nSPS) is 16.8. The SMILES string of the molecule is CC(C)(C)c1ccc(S(=O)(=O)NC(=O)c2cccc(N3CCCCS3(=O)=O)c2)cc1. The van der Waals surface area contributed by atoms with Gasteiger partial charge in [0.05, 0.1) is 16.3 Å². The van der Waals surface area contributed by atoms with Crippen LogP contribution in [0.25, 0.3) is 0 Å². The van der Waals surface area contributed by atoms with Crippen molar-refractivity contribution in [3.63, 3.8) is 0 Å². The minimum atomic E-state index is -4.06. The molecule has 162 valence electrons. The van der Waals surface area contributed by atoms with Gasteiger partial charge in [-0.2, -0.15) is 0 Å². The Kier molecular flexibility index (Phi) is 5.97. The Balaban J connectivity index is 1.82. The van der Waals surface area contributed by atoms with Crippen molar-refractivity contribution in [3.05, 3.63) is 59.7 Å². The molecule has 9 heteroatoms. The topological polar surface area (TPSA) is 101 Å². The minimum absolute atomic E-state index is 0.0152. The molecule has 1 N–H and O–H groups in total. The number of nitrogens with zero attached hydrogens (tertiary/aromatic N) is 1. The minimum Gasteiger partial charge on any atom is -0.270 e. The van der Waals surface area contributed by atoms with Crippen LogP contribution >= 0.6 is 0 Å². The van der Waals surface area contributed by atoms with E-state index in [2.05, 4.69) is 4.72 Å². The molecule has 0 unspecified atom stereocenters. The molecule has 0 spiro atoms. The van der Waals surface area contributed by atoms with Crippen molar-refractivity contribution >= 4 is 31.6 Å². The molecule has 1 heterocycles. The first-order valence-electron chi connectivity index (χ1n) is 9.68. The zero-order valence-electron chi connectivity index (χ0n) is 17.3. The van der Waals surface area contributed by atoms with Crippen LogP contribution in [0.2, 0.25) is 0 Å². The van der Waals surface area contributed by atoms with Crippen molar-refractivity contribution in [2.75, 3.05) is 16.6 Å². The maximum atomic E-state index is 12.6. The molecule has 30 heavy (non-hydrogen) atoms. The van der Waals surface area contributed by atoms with E-state index in [1.54, 1.807) is 24.3 Å². The third-order valence-electron chi connectivity index (χ3n) is 5.00. The summed E-state index contributed by atoms with van der Waals surface area (Å²) in [6, 6.07) is 12.4. The summed E-state index contributed by atoms with van der Waals surface area (Å²) in [5, 5.41) is 0. The molecule has 0 atom stereocenters. The summed E-state index contributed by atoms with van der Waals surface area (Å²) in [5.74, 6) is -0.756. The van der Waals surface area contributed by atoms with Gasteiger partial charge in [-0.3, -0.25) is 9.10 Å². The van der Waals surface area contributed by atoms with Crippen LogP contribution in [0.5, 0.6) is 0 Å². The molecule has 0 saturated carbocycles. The smallest absolute Gasteiger partial charge is 0.265 e. The molecule has 1 amide bonds. The monoisotopic (exact) mass is 450 g/mol. The summed E-state index contributed by atoms with van der Waals surface area (Å²) in [7, 11) is -7.49. The van der Waals surface area contributed by atoms with E-state index in [1.807, 2.05) is 20.8 Å². The number of sulfonamides is 2. The van der Waals surface area contributed by atoms with Gasteiger partial charge in [0.1, 0.15) is 0 Å². The van der Waals surface area contributed by atoms with Crippen LogP contribution in [0.3, 0.4) is 0 Å². The summed E-state index contributed by atoms with van der Waals surface area (Å²) >= 11 is 0. The number of rotatable bonds is 4. The number of benzene rings is 2. The average molecular weight is 451 g/mol. The molecular weight excluding hydrogens is 424 g/mol. The predicted octanol–water partition coefficient (Wildman–Crippen LogP) is 3.03. The van der Waals surface area contributed by atoms with Gasteiger partial charge in [-0.05, 0) is 54.2 Å². The van der Waals surface area contributed by atoms with Crippen LogP contribution in [0.1, 0.15) is 49.5 Å². The van der Waals surface area contributed by atoms with Gasteiger partial charge >= 0.3 is 0 Å². The highest BCUT2D eigenvalue weighted by Gasteiger charge is 2.27. The summed E-state index contributed by atoms with van der Waals surface area (Å²) in [6.45, 7) is 6.40. The van der Waals surface area contributed by atoms with Gasteiger partial charge in [-0.25, -0.2) is 21.6 Å². The lowest BCUT2D eigenvalue weighted by Gasteiger charge is -2.28. The zero-order chi connectivity index (χ0) is 22.2. The van der Waals surface area contributed by atoms with E-state index in [0.717, 1.165) is 12.0 Å². The first-order valence-corrected chi connectivity index (χ1v) is 12.8. The van der Waals surface area contributed by atoms with Crippen LogP contribution in [0.15, 0.2) is 53.4 Å². The van der Waals surface area contributed by atoms with E-state index in [1.165, 1.54) is 28.6 Å². The largest absolute Gasteiger partial charge is 0.270 e. The van der Waals surface area contributed by atoms with E-state index in [0.29, 0.717) is 18.7 Å². The highest BCUT2D eigenvalue weighted by molar-refractivity contribution is 7.92. The molecule has 0 radical (unpaired) electrons. The van der Waals surface area contributed by atoms with Crippen molar-refractivity contribution in [1.29, 1.82) is 0 Å².